The molecule has 102 valence electrons. The number of nitrogens with one attached hydrogen (secondary N) is 2. The second-order valence-corrected chi connectivity index (χ2v) is 5.53. The molecule has 0 aromatic heterocycles. The van der Waals surface area contributed by atoms with Crippen LogP contribution in [0.4, 0.5) is 0 Å². The van der Waals surface area contributed by atoms with E-state index in [-0.39, 0.29) is 0 Å². The Balaban J connectivity index is 2.09. The standard InChI is InChI=1S/C14H22Cl2N2/c1-11(2)18-8-3-7-17-9-6-12-4-5-13(15)14(16)10-12/h4-5,10-11,17-18H,3,6-9H2,1-2H3. The van der Waals surface area contributed by atoms with Crippen LogP contribution in [0.2, 0.25) is 10.0 Å². The maximum atomic E-state index is 5.96. The Kier molecular flexibility index (Phi) is 7.68. The van der Waals surface area contributed by atoms with Crippen molar-refractivity contribution in [3.8, 4) is 0 Å². The van der Waals surface area contributed by atoms with Crippen LogP contribution in [0.15, 0.2) is 18.2 Å². The lowest BCUT2D eigenvalue weighted by atomic mass is 10.1. The van der Waals surface area contributed by atoms with Crippen LogP contribution in [0.1, 0.15) is 25.8 Å². The average Bonchev–Trinajstić information content (AvgIpc) is 2.32. The summed E-state index contributed by atoms with van der Waals surface area (Å²) in [5.74, 6) is 0. The fraction of sp³-hybridized carbons (Fsp3) is 0.571. The predicted octanol–water partition coefficient (Wildman–Crippen LogP) is 3.51. The minimum absolute atomic E-state index is 0.571. The normalized spacial score (nSPS) is 11.2. The van der Waals surface area contributed by atoms with Crippen molar-refractivity contribution in [2.24, 2.45) is 0 Å². The summed E-state index contributed by atoms with van der Waals surface area (Å²) in [6.07, 6.45) is 2.13. The summed E-state index contributed by atoms with van der Waals surface area (Å²) in [6.45, 7) is 7.41. The molecule has 0 atom stereocenters. The van der Waals surface area contributed by atoms with Crippen LogP contribution in [0.3, 0.4) is 0 Å². The van der Waals surface area contributed by atoms with Crippen LogP contribution in [-0.4, -0.2) is 25.7 Å². The van der Waals surface area contributed by atoms with Gasteiger partial charge in [0.05, 0.1) is 10.0 Å². The van der Waals surface area contributed by atoms with E-state index in [9.17, 15) is 0 Å². The Morgan fingerprint density at radius 1 is 1.06 bits per heavy atom. The van der Waals surface area contributed by atoms with Crippen molar-refractivity contribution in [1.82, 2.24) is 10.6 Å². The zero-order chi connectivity index (χ0) is 13.4. The van der Waals surface area contributed by atoms with Crippen LogP contribution in [0.25, 0.3) is 0 Å². The predicted molar refractivity (Wildman–Crippen MR) is 80.8 cm³/mol. The molecule has 0 unspecified atom stereocenters. The molecule has 0 spiro atoms. The highest BCUT2D eigenvalue weighted by Crippen LogP contribution is 2.22. The Bertz CT molecular complexity index is 354. The molecule has 0 heterocycles. The van der Waals surface area contributed by atoms with Crippen molar-refractivity contribution in [3.63, 3.8) is 0 Å². The minimum Gasteiger partial charge on any atom is -0.316 e. The fourth-order valence-corrected chi connectivity index (χ4v) is 1.98. The molecular formula is C14H22Cl2N2. The molecule has 18 heavy (non-hydrogen) atoms. The van der Waals surface area contributed by atoms with E-state index in [0.717, 1.165) is 32.5 Å². The second kappa shape index (κ2) is 8.76. The molecule has 0 bridgehead atoms. The fourth-order valence-electron chi connectivity index (χ4n) is 1.66. The third kappa shape index (κ3) is 6.60. The van der Waals surface area contributed by atoms with E-state index in [1.54, 1.807) is 0 Å². The van der Waals surface area contributed by atoms with Crippen LogP contribution in [0.5, 0.6) is 0 Å². The lowest BCUT2D eigenvalue weighted by molar-refractivity contribution is 0.548. The lowest BCUT2D eigenvalue weighted by Crippen LogP contribution is -2.27. The van der Waals surface area contributed by atoms with E-state index >= 15 is 0 Å². The van der Waals surface area contributed by atoms with Crippen molar-refractivity contribution in [2.45, 2.75) is 32.7 Å². The summed E-state index contributed by atoms with van der Waals surface area (Å²) in [7, 11) is 0. The van der Waals surface area contributed by atoms with Gasteiger partial charge in [-0.15, -0.1) is 0 Å². The highest BCUT2D eigenvalue weighted by atomic mass is 35.5. The van der Waals surface area contributed by atoms with E-state index in [1.165, 1.54) is 5.56 Å². The topological polar surface area (TPSA) is 24.1 Å². The molecule has 0 saturated carbocycles. The Morgan fingerprint density at radius 2 is 1.83 bits per heavy atom. The number of hydrogen-bond donors (Lipinski definition) is 2. The van der Waals surface area contributed by atoms with Crippen molar-refractivity contribution in [3.05, 3.63) is 33.8 Å². The highest BCUT2D eigenvalue weighted by Gasteiger charge is 1.99. The zero-order valence-corrected chi connectivity index (χ0v) is 12.6. The summed E-state index contributed by atoms with van der Waals surface area (Å²) in [4.78, 5) is 0. The van der Waals surface area contributed by atoms with Gasteiger partial charge in [-0.2, -0.15) is 0 Å². The molecule has 0 fully saturated rings. The van der Waals surface area contributed by atoms with E-state index in [4.69, 9.17) is 23.2 Å². The first-order valence-corrected chi connectivity index (χ1v) is 7.23. The van der Waals surface area contributed by atoms with Crippen molar-refractivity contribution in [1.29, 1.82) is 0 Å². The van der Waals surface area contributed by atoms with Crippen molar-refractivity contribution in [2.75, 3.05) is 19.6 Å². The van der Waals surface area contributed by atoms with Gasteiger partial charge >= 0.3 is 0 Å². The van der Waals surface area contributed by atoms with Crippen LogP contribution >= 0.6 is 23.2 Å². The number of benzene rings is 1. The molecule has 0 amide bonds. The van der Waals surface area contributed by atoms with Gasteiger partial charge in [-0.1, -0.05) is 43.1 Å². The summed E-state index contributed by atoms with van der Waals surface area (Å²) in [5, 5.41) is 8.07. The molecule has 1 rings (SSSR count). The first-order valence-electron chi connectivity index (χ1n) is 6.47. The van der Waals surface area contributed by atoms with E-state index in [1.807, 2.05) is 18.2 Å². The lowest BCUT2D eigenvalue weighted by Gasteiger charge is -2.08. The van der Waals surface area contributed by atoms with Gasteiger partial charge in [0, 0.05) is 6.04 Å². The van der Waals surface area contributed by atoms with E-state index < -0.39 is 0 Å². The number of rotatable bonds is 8. The SMILES string of the molecule is CC(C)NCCCNCCc1ccc(Cl)c(Cl)c1. The Labute approximate surface area is 120 Å². The van der Waals surface area contributed by atoms with Gasteiger partial charge in [0.25, 0.3) is 0 Å². The van der Waals surface area contributed by atoms with Crippen LogP contribution in [0, 0.1) is 0 Å². The van der Waals surface area contributed by atoms with E-state index in [2.05, 4.69) is 24.5 Å². The van der Waals surface area contributed by atoms with Gasteiger partial charge in [-0.25, -0.2) is 0 Å². The van der Waals surface area contributed by atoms with Gasteiger partial charge < -0.3 is 10.6 Å². The third-order valence-corrected chi connectivity index (χ3v) is 3.40. The average molecular weight is 289 g/mol. The molecule has 2 N–H and O–H groups in total. The maximum absolute atomic E-state index is 5.96. The zero-order valence-electron chi connectivity index (χ0n) is 11.1. The summed E-state index contributed by atoms with van der Waals surface area (Å²) >= 11 is 11.8. The van der Waals surface area contributed by atoms with Crippen molar-refractivity contribution < 1.29 is 0 Å². The van der Waals surface area contributed by atoms with Gasteiger partial charge in [0.1, 0.15) is 0 Å². The second-order valence-electron chi connectivity index (χ2n) is 4.71. The van der Waals surface area contributed by atoms with Gasteiger partial charge in [-0.3, -0.25) is 0 Å². The van der Waals surface area contributed by atoms with Gasteiger partial charge in [-0.05, 0) is 50.2 Å². The van der Waals surface area contributed by atoms with Crippen LogP contribution < -0.4 is 10.6 Å². The van der Waals surface area contributed by atoms with E-state index in [0.29, 0.717) is 16.1 Å². The summed E-state index contributed by atoms with van der Waals surface area (Å²) < 4.78 is 0. The molecule has 0 aliphatic carbocycles. The number of halogens is 2. The number of hydrogen-bond acceptors (Lipinski definition) is 2. The van der Waals surface area contributed by atoms with Crippen LogP contribution in [-0.2, 0) is 6.42 Å². The molecule has 4 heteroatoms. The molecule has 1 aromatic carbocycles. The Morgan fingerprint density at radius 3 is 2.50 bits per heavy atom. The van der Waals surface area contributed by atoms with Crippen molar-refractivity contribution >= 4 is 23.2 Å². The summed E-state index contributed by atoms with van der Waals surface area (Å²) in [5.41, 5.74) is 1.22. The molecule has 2 nitrogen and oxygen atoms in total. The quantitative estimate of drug-likeness (QED) is 0.716. The monoisotopic (exact) mass is 288 g/mol. The molecule has 1 aromatic rings. The molecule has 0 aliphatic heterocycles. The maximum Gasteiger partial charge on any atom is 0.0595 e. The molecule has 0 radical (unpaired) electrons. The third-order valence-electron chi connectivity index (χ3n) is 2.66. The first kappa shape index (κ1) is 15.8. The summed E-state index contributed by atoms with van der Waals surface area (Å²) in [6, 6.07) is 6.38. The largest absolute Gasteiger partial charge is 0.316 e. The smallest absolute Gasteiger partial charge is 0.0595 e. The first-order chi connectivity index (χ1) is 8.59. The highest BCUT2D eigenvalue weighted by molar-refractivity contribution is 6.42. The molecule has 0 saturated heterocycles. The minimum atomic E-state index is 0.571. The molecular weight excluding hydrogens is 267 g/mol. The van der Waals surface area contributed by atoms with Gasteiger partial charge in [0.2, 0.25) is 0 Å². The van der Waals surface area contributed by atoms with Gasteiger partial charge in [0.15, 0.2) is 0 Å². The Hall–Kier alpha value is -0.280. The molecule has 0 aliphatic rings.